The fourth-order valence-corrected chi connectivity index (χ4v) is 4.63. The molecule has 0 saturated heterocycles. The third-order valence-corrected chi connectivity index (χ3v) is 5.88. The van der Waals surface area contributed by atoms with E-state index in [-0.39, 0.29) is 11.9 Å². The monoisotopic (exact) mass is 375 g/mol. The third-order valence-electron chi connectivity index (χ3n) is 3.87. The molecule has 0 aliphatic heterocycles. The summed E-state index contributed by atoms with van der Waals surface area (Å²) in [5.74, 6) is 1.47. The standard InChI is InChI=1S/C19H22FN3S2/c1-4-5-17-10-15(12-24-17)18-21-22-19(23(18)13(2)3)25-11-14-6-8-16(20)9-7-14/h6-10,12-13H,4-5,11H2,1-3H3. The highest BCUT2D eigenvalue weighted by Gasteiger charge is 2.18. The number of halogens is 1. The van der Waals surface area contributed by atoms with Crippen LogP contribution in [0.1, 0.15) is 43.7 Å². The first-order valence-electron chi connectivity index (χ1n) is 8.48. The highest BCUT2D eigenvalue weighted by atomic mass is 32.2. The van der Waals surface area contributed by atoms with Gasteiger partial charge in [0.25, 0.3) is 0 Å². The van der Waals surface area contributed by atoms with Gasteiger partial charge in [0, 0.05) is 27.6 Å². The zero-order valence-corrected chi connectivity index (χ0v) is 16.3. The van der Waals surface area contributed by atoms with Crippen LogP contribution in [0.4, 0.5) is 4.39 Å². The number of hydrogen-bond donors (Lipinski definition) is 0. The second-order valence-corrected chi connectivity index (χ2v) is 8.18. The molecule has 0 bridgehead atoms. The summed E-state index contributed by atoms with van der Waals surface area (Å²) in [5.41, 5.74) is 2.22. The van der Waals surface area contributed by atoms with Gasteiger partial charge in [-0.3, -0.25) is 4.57 Å². The van der Waals surface area contributed by atoms with Gasteiger partial charge >= 0.3 is 0 Å². The second-order valence-electron chi connectivity index (χ2n) is 6.24. The first-order chi connectivity index (χ1) is 12.1. The molecule has 2 aromatic heterocycles. The van der Waals surface area contributed by atoms with E-state index in [2.05, 4.69) is 47.0 Å². The minimum Gasteiger partial charge on any atom is -0.299 e. The van der Waals surface area contributed by atoms with Crippen molar-refractivity contribution in [2.45, 2.75) is 50.6 Å². The summed E-state index contributed by atoms with van der Waals surface area (Å²) in [7, 11) is 0. The van der Waals surface area contributed by atoms with Crippen molar-refractivity contribution in [2.75, 3.05) is 0 Å². The maximum atomic E-state index is 13.0. The summed E-state index contributed by atoms with van der Waals surface area (Å²) < 4.78 is 15.2. The van der Waals surface area contributed by atoms with Crippen LogP contribution in [0.5, 0.6) is 0 Å². The van der Waals surface area contributed by atoms with Crippen molar-refractivity contribution in [2.24, 2.45) is 0 Å². The topological polar surface area (TPSA) is 30.7 Å². The minimum absolute atomic E-state index is 0.207. The molecule has 0 amide bonds. The zero-order chi connectivity index (χ0) is 17.8. The highest BCUT2D eigenvalue weighted by Crippen LogP contribution is 2.32. The number of hydrogen-bond acceptors (Lipinski definition) is 4. The molecule has 3 aromatic rings. The van der Waals surface area contributed by atoms with Gasteiger partial charge in [0.2, 0.25) is 0 Å². The van der Waals surface area contributed by atoms with Gasteiger partial charge < -0.3 is 0 Å². The van der Waals surface area contributed by atoms with Gasteiger partial charge in [-0.15, -0.1) is 21.5 Å². The van der Waals surface area contributed by atoms with E-state index in [1.165, 1.54) is 17.0 Å². The fraction of sp³-hybridized carbons (Fsp3) is 0.368. The first kappa shape index (κ1) is 18.1. The van der Waals surface area contributed by atoms with Gasteiger partial charge in [-0.1, -0.05) is 37.2 Å². The summed E-state index contributed by atoms with van der Waals surface area (Å²) in [5, 5.41) is 11.9. The molecule has 0 aliphatic carbocycles. The third kappa shape index (κ3) is 4.30. The van der Waals surface area contributed by atoms with E-state index in [4.69, 9.17) is 0 Å². The van der Waals surface area contributed by atoms with E-state index in [9.17, 15) is 4.39 Å². The van der Waals surface area contributed by atoms with Crippen LogP contribution in [0.3, 0.4) is 0 Å². The number of nitrogens with zero attached hydrogens (tertiary/aromatic N) is 3. The molecule has 6 heteroatoms. The molecule has 0 N–H and O–H groups in total. The lowest BCUT2D eigenvalue weighted by molar-refractivity contribution is 0.555. The van der Waals surface area contributed by atoms with E-state index in [0.29, 0.717) is 0 Å². The Morgan fingerprint density at radius 1 is 1.20 bits per heavy atom. The molecule has 0 atom stereocenters. The van der Waals surface area contributed by atoms with Gasteiger partial charge in [0.05, 0.1) is 0 Å². The van der Waals surface area contributed by atoms with Crippen LogP contribution >= 0.6 is 23.1 Å². The molecule has 3 rings (SSSR count). The highest BCUT2D eigenvalue weighted by molar-refractivity contribution is 7.98. The summed E-state index contributed by atoms with van der Waals surface area (Å²) in [6.45, 7) is 6.49. The quantitative estimate of drug-likeness (QED) is 0.477. The van der Waals surface area contributed by atoms with E-state index < -0.39 is 0 Å². The van der Waals surface area contributed by atoms with Crippen LogP contribution in [0.2, 0.25) is 0 Å². The Morgan fingerprint density at radius 2 is 1.96 bits per heavy atom. The zero-order valence-electron chi connectivity index (χ0n) is 14.7. The van der Waals surface area contributed by atoms with E-state index in [1.54, 1.807) is 23.1 Å². The van der Waals surface area contributed by atoms with E-state index in [1.807, 2.05) is 12.1 Å². The molecule has 2 heterocycles. The molecular weight excluding hydrogens is 353 g/mol. The van der Waals surface area contributed by atoms with E-state index in [0.717, 1.165) is 40.7 Å². The molecule has 0 unspecified atom stereocenters. The molecule has 0 saturated carbocycles. The fourth-order valence-electron chi connectivity index (χ4n) is 2.64. The van der Waals surface area contributed by atoms with Crippen LogP contribution in [-0.4, -0.2) is 14.8 Å². The molecule has 0 aliphatic rings. The SMILES string of the molecule is CCCc1cc(-c2nnc(SCc3ccc(F)cc3)n2C(C)C)cs1. The Kier molecular flexibility index (Phi) is 5.91. The maximum absolute atomic E-state index is 13.0. The summed E-state index contributed by atoms with van der Waals surface area (Å²) >= 11 is 3.42. The van der Waals surface area contributed by atoms with Crippen LogP contribution in [0.15, 0.2) is 40.9 Å². The Labute approximate surface area is 156 Å². The number of aromatic nitrogens is 3. The Morgan fingerprint density at radius 3 is 2.64 bits per heavy atom. The van der Waals surface area contributed by atoms with E-state index >= 15 is 0 Å². The van der Waals surface area contributed by atoms with Crippen molar-refractivity contribution < 1.29 is 4.39 Å². The summed E-state index contributed by atoms with van der Waals surface area (Å²) in [6, 6.07) is 9.12. The predicted molar refractivity (Wildman–Crippen MR) is 104 cm³/mol. The van der Waals surface area contributed by atoms with Crippen molar-refractivity contribution in [3.63, 3.8) is 0 Å². The minimum atomic E-state index is -0.207. The van der Waals surface area contributed by atoms with Gasteiger partial charge in [0.15, 0.2) is 11.0 Å². The first-order valence-corrected chi connectivity index (χ1v) is 10.3. The molecule has 0 fully saturated rings. The van der Waals surface area contributed by atoms with Crippen LogP contribution in [0, 0.1) is 5.82 Å². The van der Waals surface area contributed by atoms with Crippen LogP contribution in [-0.2, 0) is 12.2 Å². The second kappa shape index (κ2) is 8.15. The van der Waals surface area contributed by atoms with Crippen molar-refractivity contribution in [3.05, 3.63) is 52.0 Å². The average molecular weight is 376 g/mol. The van der Waals surface area contributed by atoms with Crippen molar-refractivity contribution >= 4 is 23.1 Å². The van der Waals surface area contributed by atoms with Crippen molar-refractivity contribution in [3.8, 4) is 11.4 Å². The Bertz CT molecular complexity index is 822. The molecule has 1 aromatic carbocycles. The number of aryl methyl sites for hydroxylation is 1. The largest absolute Gasteiger partial charge is 0.299 e. The summed E-state index contributed by atoms with van der Waals surface area (Å²) in [6.07, 6.45) is 2.25. The predicted octanol–water partition coefficient (Wildman–Crippen LogP) is 5.97. The van der Waals surface area contributed by atoms with Gasteiger partial charge in [-0.05, 0) is 44.0 Å². The lowest BCUT2D eigenvalue weighted by atomic mass is 10.2. The number of benzene rings is 1. The summed E-state index contributed by atoms with van der Waals surface area (Å²) in [4.78, 5) is 1.39. The molecule has 132 valence electrons. The number of thiophene rings is 1. The molecule has 0 spiro atoms. The Hall–Kier alpha value is -1.66. The number of rotatable bonds is 7. The van der Waals surface area contributed by atoms with Crippen molar-refractivity contribution in [1.29, 1.82) is 0 Å². The smallest absolute Gasteiger partial charge is 0.192 e. The molecule has 0 radical (unpaired) electrons. The molecule has 25 heavy (non-hydrogen) atoms. The average Bonchev–Trinajstić information content (AvgIpc) is 3.21. The lowest BCUT2D eigenvalue weighted by Crippen LogP contribution is -2.04. The van der Waals surface area contributed by atoms with Gasteiger partial charge in [-0.25, -0.2) is 4.39 Å². The van der Waals surface area contributed by atoms with Gasteiger partial charge in [-0.2, -0.15) is 0 Å². The Balaban J connectivity index is 1.82. The van der Waals surface area contributed by atoms with Gasteiger partial charge in [0.1, 0.15) is 5.82 Å². The molecule has 3 nitrogen and oxygen atoms in total. The normalized spacial score (nSPS) is 11.4. The lowest BCUT2D eigenvalue weighted by Gasteiger charge is -2.13. The van der Waals surface area contributed by atoms with Crippen LogP contribution < -0.4 is 0 Å². The van der Waals surface area contributed by atoms with Crippen molar-refractivity contribution in [1.82, 2.24) is 14.8 Å². The number of thioether (sulfide) groups is 1. The maximum Gasteiger partial charge on any atom is 0.192 e. The van der Waals surface area contributed by atoms with Crippen LogP contribution in [0.25, 0.3) is 11.4 Å². The molecular formula is C19H22FN3S2.